The summed E-state index contributed by atoms with van der Waals surface area (Å²) in [6.07, 6.45) is 0. The van der Waals surface area contributed by atoms with E-state index in [1.54, 1.807) is 19.2 Å². The number of rotatable bonds is 3. The van der Waals surface area contributed by atoms with Crippen molar-refractivity contribution in [3.05, 3.63) is 27.7 Å². The summed E-state index contributed by atoms with van der Waals surface area (Å²) >= 11 is 11.9. The quantitative estimate of drug-likeness (QED) is 0.890. The van der Waals surface area contributed by atoms with Crippen LogP contribution in [0.2, 0.25) is 10.0 Å². The fraction of sp³-hybridized carbons (Fsp3) is 0.300. The Morgan fingerprint density at radius 1 is 1.40 bits per heavy atom. The van der Waals surface area contributed by atoms with Crippen molar-refractivity contribution in [2.24, 2.45) is 0 Å². The zero-order valence-electron chi connectivity index (χ0n) is 8.34. The van der Waals surface area contributed by atoms with Crippen molar-refractivity contribution >= 4 is 23.2 Å². The lowest BCUT2D eigenvalue weighted by atomic mass is 10.1. The summed E-state index contributed by atoms with van der Waals surface area (Å²) in [5.74, 6) is 0.498. The number of methoxy groups -OCH3 is 1. The van der Waals surface area contributed by atoms with Crippen LogP contribution in [0.3, 0.4) is 0 Å². The normalized spacial score (nSPS) is 11.9. The number of halogens is 2. The average molecular weight is 245 g/mol. The van der Waals surface area contributed by atoms with E-state index in [4.69, 9.17) is 33.2 Å². The molecule has 0 aliphatic carbocycles. The molecular formula is C10H10Cl2N2O. The molecule has 0 aliphatic heterocycles. The minimum absolute atomic E-state index is 0.437. The van der Waals surface area contributed by atoms with Gasteiger partial charge in [0.05, 0.1) is 23.2 Å². The molecule has 0 aromatic heterocycles. The van der Waals surface area contributed by atoms with Gasteiger partial charge in [0.2, 0.25) is 0 Å². The van der Waals surface area contributed by atoms with Gasteiger partial charge >= 0.3 is 0 Å². The highest BCUT2D eigenvalue weighted by Gasteiger charge is 2.15. The van der Waals surface area contributed by atoms with Gasteiger partial charge in [-0.25, -0.2) is 0 Å². The van der Waals surface area contributed by atoms with Crippen LogP contribution < -0.4 is 10.1 Å². The van der Waals surface area contributed by atoms with Crippen LogP contribution in [0, 0.1) is 11.3 Å². The Morgan fingerprint density at radius 3 is 2.53 bits per heavy atom. The first-order valence-electron chi connectivity index (χ1n) is 4.23. The molecule has 1 unspecified atom stereocenters. The third kappa shape index (κ3) is 2.54. The van der Waals surface area contributed by atoms with Crippen LogP contribution >= 0.6 is 23.2 Å². The molecule has 0 amide bonds. The van der Waals surface area contributed by atoms with Gasteiger partial charge in [-0.05, 0) is 13.1 Å². The molecule has 5 heteroatoms. The van der Waals surface area contributed by atoms with Crippen molar-refractivity contribution in [1.29, 1.82) is 5.26 Å². The highest BCUT2D eigenvalue weighted by molar-refractivity contribution is 6.34. The van der Waals surface area contributed by atoms with E-state index in [0.717, 1.165) is 0 Å². The van der Waals surface area contributed by atoms with E-state index in [-0.39, 0.29) is 0 Å². The molecule has 0 saturated carbocycles. The van der Waals surface area contributed by atoms with Crippen LogP contribution in [0.4, 0.5) is 0 Å². The van der Waals surface area contributed by atoms with Crippen LogP contribution in [-0.4, -0.2) is 14.2 Å². The number of hydrogen-bond donors (Lipinski definition) is 1. The van der Waals surface area contributed by atoms with Crippen molar-refractivity contribution in [3.63, 3.8) is 0 Å². The van der Waals surface area contributed by atoms with Crippen LogP contribution in [0.25, 0.3) is 0 Å². The van der Waals surface area contributed by atoms with Gasteiger partial charge in [0, 0.05) is 11.6 Å². The lowest BCUT2D eigenvalue weighted by Gasteiger charge is -2.12. The van der Waals surface area contributed by atoms with E-state index in [1.807, 2.05) is 0 Å². The lowest BCUT2D eigenvalue weighted by Crippen LogP contribution is -2.14. The molecule has 1 aromatic carbocycles. The Hall–Kier alpha value is -0.950. The molecule has 0 fully saturated rings. The topological polar surface area (TPSA) is 45.0 Å². The van der Waals surface area contributed by atoms with Gasteiger partial charge in [-0.2, -0.15) is 5.26 Å². The van der Waals surface area contributed by atoms with Crippen LogP contribution in [0.5, 0.6) is 5.75 Å². The summed E-state index contributed by atoms with van der Waals surface area (Å²) in [5.41, 5.74) is 0.646. The summed E-state index contributed by atoms with van der Waals surface area (Å²) in [6.45, 7) is 0. The van der Waals surface area contributed by atoms with Gasteiger partial charge in [0.1, 0.15) is 11.8 Å². The summed E-state index contributed by atoms with van der Waals surface area (Å²) in [6, 6.07) is 4.84. The highest BCUT2D eigenvalue weighted by Crippen LogP contribution is 2.33. The van der Waals surface area contributed by atoms with Crippen molar-refractivity contribution in [1.82, 2.24) is 5.32 Å². The number of ether oxygens (including phenoxy) is 1. The fourth-order valence-corrected chi connectivity index (χ4v) is 1.72. The van der Waals surface area contributed by atoms with Gasteiger partial charge in [-0.3, -0.25) is 0 Å². The molecule has 0 aliphatic rings. The van der Waals surface area contributed by atoms with Crippen molar-refractivity contribution in [2.45, 2.75) is 6.04 Å². The van der Waals surface area contributed by atoms with Gasteiger partial charge < -0.3 is 10.1 Å². The number of nitriles is 1. The van der Waals surface area contributed by atoms with Crippen molar-refractivity contribution in [3.8, 4) is 11.8 Å². The smallest absolute Gasteiger partial charge is 0.138 e. The van der Waals surface area contributed by atoms with Gasteiger partial charge in [-0.1, -0.05) is 23.2 Å². The van der Waals surface area contributed by atoms with Crippen LogP contribution in [0.1, 0.15) is 11.6 Å². The van der Waals surface area contributed by atoms with E-state index < -0.39 is 6.04 Å². The van der Waals surface area contributed by atoms with E-state index >= 15 is 0 Å². The van der Waals surface area contributed by atoms with Crippen molar-refractivity contribution in [2.75, 3.05) is 14.2 Å². The monoisotopic (exact) mass is 244 g/mol. The van der Waals surface area contributed by atoms with E-state index in [9.17, 15) is 0 Å². The van der Waals surface area contributed by atoms with Gasteiger partial charge in [0.25, 0.3) is 0 Å². The first-order valence-corrected chi connectivity index (χ1v) is 4.99. The molecule has 3 nitrogen and oxygen atoms in total. The molecular weight excluding hydrogens is 235 g/mol. The zero-order chi connectivity index (χ0) is 11.4. The predicted molar refractivity (Wildman–Crippen MR) is 60.4 cm³/mol. The molecule has 0 radical (unpaired) electrons. The Bertz CT molecular complexity index is 401. The molecule has 0 bridgehead atoms. The van der Waals surface area contributed by atoms with Gasteiger partial charge in [0.15, 0.2) is 0 Å². The highest BCUT2D eigenvalue weighted by atomic mass is 35.5. The molecule has 15 heavy (non-hydrogen) atoms. The maximum absolute atomic E-state index is 8.88. The summed E-state index contributed by atoms with van der Waals surface area (Å²) in [5, 5.41) is 12.6. The second kappa shape index (κ2) is 5.22. The summed E-state index contributed by atoms with van der Waals surface area (Å²) < 4.78 is 5.01. The molecule has 0 heterocycles. The summed E-state index contributed by atoms with van der Waals surface area (Å²) in [7, 11) is 3.19. The standard InChI is InChI=1S/C10H10Cl2N2O/c1-14-9(5-13)6-3-8(12)10(15-2)4-7(6)11/h3-4,9,14H,1-2H3. The molecule has 80 valence electrons. The van der Waals surface area contributed by atoms with E-state index in [2.05, 4.69) is 11.4 Å². The number of nitrogens with one attached hydrogen (secondary N) is 1. The molecule has 1 N–H and O–H groups in total. The molecule has 0 saturated heterocycles. The molecule has 0 spiro atoms. The fourth-order valence-electron chi connectivity index (χ4n) is 1.21. The van der Waals surface area contributed by atoms with Crippen molar-refractivity contribution < 1.29 is 4.74 Å². The van der Waals surface area contributed by atoms with E-state index in [0.29, 0.717) is 21.4 Å². The van der Waals surface area contributed by atoms with Gasteiger partial charge in [-0.15, -0.1) is 0 Å². The first-order chi connectivity index (χ1) is 7.13. The lowest BCUT2D eigenvalue weighted by molar-refractivity contribution is 0.415. The number of nitrogens with zero attached hydrogens (tertiary/aromatic N) is 1. The zero-order valence-corrected chi connectivity index (χ0v) is 9.86. The van der Waals surface area contributed by atoms with Crippen LogP contribution in [-0.2, 0) is 0 Å². The third-order valence-electron chi connectivity index (χ3n) is 2.00. The number of benzene rings is 1. The Morgan fingerprint density at radius 2 is 2.07 bits per heavy atom. The van der Waals surface area contributed by atoms with E-state index in [1.165, 1.54) is 7.11 Å². The minimum Gasteiger partial charge on any atom is -0.495 e. The Kier molecular flexibility index (Phi) is 4.22. The summed E-state index contributed by atoms with van der Waals surface area (Å²) in [4.78, 5) is 0. The first kappa shape index (κ1) is 12.1. The molecule has 1 rings (SSSR count). The molecule has 1 atom stereocenters. The second-order valence-electron chi connectivity index (χ2n) is 2.86. The predicted octanol–water partition coefficient (Wildman–Crippen LogP) is 2.79. The SMILES string of the molecule is CNC(C#N)c1cc(Cl)c(OC)cc1Cl. The minimum atomic E-state index is -0.471. The Labute approximate surface area is 98.6 Å². The third-order valence-corrected chi connectivity index (χ3v) is 2.62. The second-order valence-corrected chi connectivity index (χ2v) is 3.67. The number of hydrogen-bond acceptors (Lipinski definition) is 3. The maximum atomic E-state index is 8.88. The largest absolute Gasteiger partial charge is 0.495 e. The average Bonchev–Trinajstić information content (AvgIpc) is 2.24. The Balaban J connectivity index is 3.22. The molecule has 1 aromatic rings. The van der Waals surface area contributed by atoms with Crippen LogP contribution in [0.15, 0.2) is 12.1 Å². The maximum Gasteiger partial charge on any atom is 0.138 e.